The number of benzene rings is 2. The Kier molecular flexibility index (Phi) is 8.64. The third kappa shape index (κ3) is 6.20. The minimum Gasteiger partial charge on any atom is -0.342 e. The van der Waals surface area contributed by atoms with E-state index in [9.17, 15) is 9.59 Å². The Labute approximate surface area is 211 Å². The molecule has 0 aliphatic carbocycles. The number of hydrogen-bond donors (Lipinski definition) is 2. The maximum Gasteiger partial charge on any atom is 0.253 e. The zero-order valence-electron chi connectivity index (χ0n) is 18.1. The van der Waals surface area contributed by atoms with Gasteiger partial charge in [0.1, 0.15) is 0 Å². The number of thioether (sulfide) groups is 1. The lowest BCUT2D eigenvalue weighted by molar-refractivity contribution is -0.113. The van der Waals surface area contributed by atoms with Crippen LogP contribution in [0.4, 0.5) is 5.69 Å². The lowest BCUT2D eigenvalue weighted by Crippen LogP contribution is -2.33. The number of carbonyl (C=O) groups excluding carboxylic acids is 2. The van der Waals surface area contributed by atoms with Crippen LogP contribution in [0.2, 0.25) is 15.1 Å². The number of aromatic nitrogens is 3. The number of carbonyl (C=O) groups is 2. The molecule has 0 saturated carbocycles. The van der Waals surface area contributed by atoms with Crippen molar-refractivity contribution in [3.8, 4) is 0 Å². The highest BCUT2D eigenvalue weighted by atomic mass is 35.5. The van der Waals surface area contributed by atoms with Gasteiger partial charge in [0.25, 0.3) is 5.91 Å². The Morgan fingerprint density at radius 3 is 2.42 bits per heavy atom. The van der Waals surface area contributed by atoms with Crippen LogP contribution in [-0.2, 0) is 11.8 Å². The van der Waals surface area contributed by atoms with Crippen LogP contribution >= 0.6 is 46.6 Å². The van der Waals surface area contributed by atoms with Crippen molar-refractivity contribution in [2.45, 2.75) is 25.0 Å². The Hall–Kier alpha value is -2.26. The molecule has 0 spiro atoms. The second kappa shape index (κ2) is 11.2. The molecule has 3 aromatic rings. The molecule has 11 heteroatoms. The number of hydrogen-bond acceptors (Lipinski definition) is 5. The lowest BCUT2D eigenvalue weighted by Gasteiger charge is -2.22. The fourth-order valence-corrected chi connectivity index (χ4v) is 4.32. The van der Waals surface area contributed by atoms with Crippen LogP contribution < -0.4 is 10.6 Å². The maximum atomic E-state index is 12.8. The molecule has 7 nitrogen and oxygen atoms in total. The van der Waals surface area contributed by atoms with Gasteiger partial charge in [-0.3, -0.25) is 9.59 Å². The minimum atomic E-state index is -0.403. The van der Waals surface area contributed by atoms with Crippen molar-refractivity contribution >= 4 is 64.1 Å². The minimum absolute atomic E-state index is 0.0328. The number of nitrogens with zero attached hydrogens (tertiary/aromatic N) is 3. The number of nitrogens with one attached hydrogen (secondary N) is 2. The Morgan fingerprint density at radius 1 is 1.03 bits per heavy atom. The van der Waals surface area contributed by atoms with E-state index >= 15 is 0 Å². The maximum absolute atomic E-state index is 12.8. The van der Waals surface area contributed by atoms with Crippen molar-refractivity contribution in [3.05, 3.63) is 68.9 Å². The lowest BCUT2D eigenvalue weighted by atomic mass is 10.0. The SMILES string of the molecule is CC(C)[C@H](NC(=O)c1ccccc1Cl)c1nnc(SCC(=O)Nc2cccc(Cl)c2Cl)n1C. The summed E-state index contributed by atoms with van der Waals surface area (Å²) in [5.41, 5.74) is 0.827. The second-order valence-corrected chi connectivity index (χ2v) is 9.65. The zero-order chi connectivity index (χ0) is 24.1. The molecule has 1 atom stereocenters. The topological polar surface area (TPSA) is 88.9 Å². The van der Waals surface area contributed by atoms with Crippen LogP contribution in [-0.4, -0.2) is 32.3 Å². The molecule has 0 bridgehead atoms. The van der Waals surface area contributed by atoms with Gasteiger partial charge < -0.3 is 15.2 Å². The van der Waals surface area contributed by atoms with E-state index in [0.717, 1.165) is 0 Å². The molecule has 2 aromatic carbocycles. The van der Waals surface area contributed by atoms with E-state index in [1.807, 2.05) is 13.8 Å². The molecule has 0 saturated heterocycles. The molecule has 2 N–H and O–H groups in total. The van der Waals surface area contributed by atoms with E-state index in [0.29, 0.717) is 32.3 Å². The van der Waals surface area contributed by atoms with Gasteiger partial charge in [-0.15, -0.1) is 10.2 Å². The van der Waals surface area contributed by atoms with E-state index in [1.54, 1.807) is 54.1 Å². The molecular weight excluding hydrogens is 505 g/mol. The molecule has 1 heterocycles. The molecule has 2 amide bonds. The van der Waals surface area contributed by atoms with Gasteiger partial charge in [0, 0.05) is 7.05 Å². The highest BCUT2D eigenvalue weighted by molar-refractivity contribution is 7.99. The standard InChI is InChI=1S/C22H22Cl3N5O2S/c1-12(2)19(27-21(32)13-7-4-5-8-14(13)23)20-28-29-22(30(20)3)33-11-17(31)26-16-10-6-9-15(24)18(16)25/h4-10,12,19H,11H2,1-3H3,(H,26,31)(H,27,32)/t19-/m0/s1. The Balaban J connectivity index is 1.69. The highest BCUT2D eigenvalue weighted by Crippen LogP contribution is 2.30. The number of halogens is 3. The van der Waals surface area contributed by atoms with Crippen LogP contribution in [0.1, 0.15) is 36.1 Å². The van der Waals surface area contributed by atoms with Gasteiger partial charge >= 0.3 is 0 Å². The normalized spacial score (nSPS) is 12.0. The van der Waals surface area contributed by atoms with Gasteiger partial charge in [0.15, 0.2) is 11.0 Å². The highest BCUT2D eigenvalue weighted by Gasteiger charge is 2.26. The summed E-state index contributed by atoms with van der Waals surface area (Å²) in [5.74, 6) is 0.139. The number of anilines is 1. The van der Waals surface area contributed by atoms with Gasteiger partial charge in [-0.25, -0.2) is 0 Å². The Bertz CT molecular complexity index is 1170. The molecule has 0 aliphatic rings. The van der Waals surface area contributed by atoms with Crippen molar-refractivity contribution < 1.29 is 9.59 Å². The Morgan fingerprint density at radius 2 is 1.73 bits per heavy atom. The average Bonchev–Trinajstić information content (AvgIpc) is 3.13. The van der Waals surface area contributed by atoms with Gasteiger partial charge in [-0.2, -0.15) is 0 Å². The van der Waals surface area contributed by atoms with Gasteiger partial charge in [0.05, 0.1) is 38.1 Å². The van der Waals surface area contributed by atoms with Gasteiger partial charge in [0.2, 0.25) is 5.91 Å². The quantitative estimate of drug-likeness (QED) is 0.371. The van der Waals surface area contributed by atoms with Crippen molar-refractivity contribution in [1.29, 1.82) is 0 Å². The molecule has 174 valence electrons. The fourth-order valence-electron chi connectivity index (χ4n) is 3.03. The van der Waals surface area contributed by atoms with E-state index in [2.05, 4.69) is 20.8 Å². The summed E-state index contributed by atoms with van der Waals surface area (Å²) in [6.07, 6.45) is 0. The largest absolute Gasteiger partial charge is 0.342 e. The summed E-state index contributed by atoms with van der Waals surface area (Å²) >= 11 is 19.5. The fraction of sp³-hybridized carbons (Fsp3) is 0.273. The van der Waals surface area contributed by atoms with Crippen molar-refractivity contribution in [1.82, 2.24) is 20.1 Å². The number of rotatable bonds is 8. The summed E-state index contributed by atoms with van der Waals surface area (Å²) in [6.45, 7) is 3.95. The van der Waals surface area contributed by atoms with Crippen LogP contribution in [0.15, 0.2) is 47.6 Å². The number of amides is 2. The molecule has 0 radical (unpaired) electrons. The first-order valence-electron chi connectivity index (χ1n) is 10.00. The van der Waals surface area contributed by atoms with Crippen molar-refractivity contribution in [2.24, 2.45) is 13.0 Å². The van der Waals surface area contributed by atoms with Crippen molar-refractivity contribution in [2.75, 3.05) is 11.1 Å². The molecular formula is C22H22Cl3N5O2S. The van der Waals surface area contributed by atoms with E-state index in [1.165, 1.54) is 11.8 Å². The summed E-state index contributed by atoms with van der Waals surface area (Å²) in [5, 5.41) is 15.7. The smallest absolute Gasteiger partial charge is 0.253 e. The summed E-state index contributed by atoms with van der Waals surface area (Å²) in [7, 11) is 1.79. The molecule has 1 aromatic heterocycles. The van der Waals surface area contributed by atoms with E-state index < -0.39 is 6.04 Å². The van der Waals surface area contributed by atoms with Crippen LogP contribution in [0.25, 0.3) is 0 Å². The molecule has 3 rings (SSSR count). The molecule has 0 aliphatic heterocycles. The summed E-state index contributed by atoms with van der Waals surface area (Å²) < 4.78 is 1.77. The summed E-state index contributed by atoms with van der Waals surface area (Å²) in [4.78, 5) is 25.2. The zero-order valence-corrected chi connectivity index (χ0v) is 21.2. The molecule has 0 fully saturated rings. The van der Waals surface area contributed by atoms with E-state index in [4.69, 9.17) is 34.8 Å². The van der Waals surface area contributed by atoms with Gasteiger partial charge in [-0.05, 0) is 30.2 Å². The first-order chi connectivity index (χ1) is 15.7. The van der Waals surface area contributed by atoms with E-state index in [-0.39, 0.29) is 28.5 Å². The van der Waals surface area contributed by atoms with Crippen LogP contribution in [0.3, 0.4) is 0 Å². The first-order valence-corrected chi connectivity index (χ1v) is 12.1. The second-order valence-electron chi connectivity index (χ2n) is 7.51. The van der Waals surface area contributed by atoms with Crippen molar-refractivity contribution in [3.63, 3.8) is 0 Å². The van der Waals surface area contributed by atoms with Crippen LogP contribution in [0, 0.1) is 5.92 Å². The predicted octanol–water partition coefficient (Wildman–Crippen LogP) is 5.63. The monoisotopic (exact) mass is 525 g/mol. The average molecular weight is 527 g/mol. The van der Waals surface area contributed by atoms with Gasteiger partial charge in [-0.1, -0.05) is 78.6 Å². The molecule has 33 heavy (non-hydrogen) atoms. The third-order valence-electron chi connectivity index (χ3n) is 4.78. The molecule has 0 unspecified atom stereocenters. The van der Waals surface area contributed by atoms with Crippen LogP contribution in [0.5, 0.6) is 0 Å². The predicted molar refractivity (Wildman–Crippen MR) is 133 cm³/mol. The summed E-state index contributed by atoms with van der Waals surface area (Å²) in [6, 6.07) is 11.5. The first kappa shape index (κ1) is 25.4. The third-order valence-corrected chi connectivity index (χ3v) is 6.95.